The monoisotopic (exact) mass is 285 g/mol. The Morgan fingerprint density at radius 3 is 2.76 bits per heavy atom. The van der Waals surface area contributed by atoms with Gasteiger partial charge in [-0.3, -0.25) is 0 Å². The fourth-order valence-corrected chi connectivity index (χ4v) is 3.24. The summed E-state index contributed by atoms with van der Waals surface area (Å²) in [6, 6.07) is 12.7. The fourth-order valence-electron chi connectivity index (χ4n) is 3.24. The highest BCUT2D eigenvalue weighted by Crippen LogP contribution is 2.38. The maximum absolute atomic E-state index is 13.2. The number of fused-ring (bicyclic) bond motifs is 1. The molecule has 2 atom stereocenters. The molecule has 2 aromatic rings. The molecule has 2 nitrogen and oxygen atoms in total. The first kappa shape index (κ1) is 13.9. The Labute approximate surface area is 124 Å². The molecule has 1 N–H and O–H groups in total. The van der Waals surface area contributed by atoms with E-state index in [9.17, 15) is 9.50 Å². The molecule has 0 amide bonds. The van der Waals surface area contributed by atoms with Crippen LogP contribution in [0.3, 0.4) is 0 Å². The Balaban J connectivity index is 1.99. The zero-order chi connectivity index (χ0) is 15.0. The van der Waals surface area contributed by atoms with Gasteiger partial charge in [0.05, 0.1) is 6.04 Å². The van der Waals surface area contributed by atoms with Crippen LogP contribution in [0, 0.1) is 11.7 Å². The summed E-state index contributed by atoms with van der Waals surface area (Å²) in [5, 5.41) is 10.0. The second kappa shape index (κ2) is 5.40. The van der Waals surface area contributed by atoms with E-state index >= 15 is 0 Å². The molecule has 0 saturated carbocycles. The summed E-state index contributed by atoms with van der Waals surface area (Å²) in [7, 11) is 0. The van der Waals surface area contributed by atoms with E-state index in [1.165, 1.54) is 23.4 Å². The number of hydrogen-bond acceptors (Lipinski definition) is 2. The number of aromatic hydroxyl groups is 1. The van der Waals surface area contributed by atoms with Gasteiger partial charge in [-0.15, -0.1) is 0 Å². The van der Waals surface area contributed by atoms with Crippen LogP contribution in [0.5, 0.6) is 5.75 Å². The summed E-state index contributed by atoms with van der Waals surface area (Å²) >= 11 is 0. The van der Waals surface area contributed by atoms with Crippen LogP contribution < -0.4 is 4.90 Å². The number of nitrogens with zero attached hydrogens (tertiary/aromatic N) is 1. The van der Waals surface area contributed by atoms with Gasteiger partial charge in [-0.1, -0.05) is 31.2 Å². The molecule has 0 saturated heterocycles. The molecule has 1 heterocycles. The molecule has 1 aliphatic heterocycles. The van der Waals surface area contributed by atoms with Crippen molar-refractivity contribution in [3.8, 4) is 5.75 Å². The van der Waals surface area contributed by atoms with E-state index in [2.05, 4.69) is 36.9 Å². The molecule has 1 aliphatic rings. The zero-order valence-corrected chi connectivity index (χ0v) is 12.4. The Bertz CT molecular complexity index is 655. The molecule has 0 radical (unpaired) electrons. The summed E-state index contributed by atoms with van der Waals surface area (Å²) in [5.74, 6) is 0.180. The summed E-state index contributed by atoms with van der Waals surface area (Å²) in [6.45, 7) is 5.23. The van der Waals surface area contributed by atoms with Gasteiger partial charge >= 0.3 is 0 Å². The minimum Gasteiger partial charge on any atom is -0.507 e. The fraction of sp³-hybridized carbons (Fsp3) is 0.333. The normalized spacial score (nSPS) is 19.2. The van der Waals surface area contributed by atoms with E-state index in [4.69, 9.17) is 0 Å². The maximum Gasteiger partial charge on any atom is 0.126 e. The average Bonchev–Trinajstić information content (AvgIpc) is 2.45. The topological polar surface area (TPSA) is 23.5 Å². The molecule has 0 aliphatic carbocycles. The third kappa shape index (κ3) is 2.60. The number of anilines is 1. The smallest absolute Gasteiger partial charge is 0.126 e. The van der Waals surface area contributed by atoms with Crippen molar-refractivity contribution in [1.29, 1.82) is 0 Å². The molecule has 0 spiro atoms. The predicted molar refractivity (Wildman–Crippen MR) is 83.1 cm³/mol. The summed E-state index contributed by atoms with van der Waals surface area (Å²) in [4.78, 5) is 2.30. The third-order valence-electron chi connectivity index (χ3n) is 4.29. The second-order valence-electron chi connectivity index (χ2n) is 5.97. The number of para-hydroxylation sites is 1. The predicted octanol–water partition coefficient (Wildman–Crippen LogP) is 4.29. The van der Waals surface area contributed by atoms with E-state index < -0.39 is 5.82 Å². The summed E-state index contributed by atoms with van der Waals surface area (Å²) in [5.41, 5.74) is 3.32. The first-order valence-electron chi connectivity index (χ1n) is 7.39. The number of phenols is 1. The van der Waals surface area contributed by atoms with Crippen LogP contribution in [0.25, 0.3) is 0 Å². The van der Waals surface area contributed by atoms with Gasteiger partial charge in [0.15, 0.2) is 0 Å². The van der Waals surface area contributed by atoms with Crippen LogP contribution >= 0.6 is 0 Å². The first-order valence-corrected chi connectivity index (χ1v) is 7.39. The first-order chi connectivity index (χ1) is 10.1. The molecule has 0 fully saturated rings. The molecule has 2 aromatic carbocycles. The number of benzene rings is 2. The number of hydrogen-bond donors (Lipinski definition) is 1. The van der Waals surface area contributed by atoms with Gasteiger partial charge in [-0.2, -0.15) is 0 Å². The Kier molecular flexibility index (Phi) is 3.58. The third-order valence-corrected chi connectivity index (χ3v) is 4.29. The molecule has 3 heteroatoms. The van der Waals surface area contributed by atoms with E-state index in [0.29, 0.717) is 5.92 Å². The second-order valence-corrected chi connectivity index (χ2v) is 5.97. The highest BCUT2D eigenvalue weighted by atomic mass is 19.1. The van der Waals surface area contributed by atoms with E-state index in [0.717, 1.165) is 18.5 Å². The standard InChI is InChI=1S/C18H20FNO/c1-12-9-14-5-3-4-6-17(14)20(11-12)13(2)16-8-7-15(19)10-18(16)21/h3-8,10,12-13,21H,9,11H2,1-2H3. The van der Waals surface area contributed by atoms with Crippen LogP contribution in [-0.2, 0) is 6.42 Å². The van der Waals surface area contributed by atoms with E-state index in [-0.39, 0.29) is 11.8 Å². The molecular formula is C18H20FNO. The van der Waals surface area contributed by atoms with Crippen LogP contribution in [0.15, 0.2) is 42.5 Å². The van der Waals surface area contributed by atoms with Crippen molar-refractivity contribution in [1.82, 2.24) is 0 Å². The van der Waals surface area contributed by atoms with Crippen molar-refractivity contribution < 1.29 is 9.50 Å². The molecule has 2 unspecified atom stereocenters. The maximum atomic E-state index is 13.2. The minimum absolute atomic E-state index is 0.00880. The lowest BCUT2D eigenvalue weighted by Gasteiger charge is -2.39. The lowest BCUT2D eigenvalue weighted by Crippen LogP contribution is -2.36. The molecule has 3 rings (SSSR count). The number of phenolic OH excluding ortho intramolecular Hbond substituents is 1. The van der Waals surface area contributed by atoms with Gasteiger partial charge < -0.3 is 10.0 Å². The van der Waals surface area contributed by atoms with Gasteiger partial charge in [-0.25, -0.2) is 4.39 Å². The molecule has 0 aromatic heterocycles. The summed E-state index contributed by atoms with van der Waals surface area (Å²) < 4.78 is 13.2. The molecule has 21 heavy (non-hydrogen) atoms. The molecular weight excluding hydrogens is 265 g/mol. The zero-order valence-electron chi connectivity index (χ0n) is 12.4. The molecule has 110 valence electrons. The van der Waals surface area contributed by atoms with Gasteiger partial charge in [0.2, 0.25) is 0 Å². The van der Waals surface area contributed by atoms with Gasteiger partial charge in [0.1, 0.15) is 11.6 Å². The summed E-state index contributed by atoms with van der Waals surface area (Å²) in [6.07, 6.45) is 1.08. The van der Waals surface area contributed by atoms with Crippen molar-refractivity contribution >= 4 is 5.69 Å². The van der Waals surface area contributed by atoms with Gasteiger partial charge in [0, 0.05) is 23.9 Å². The Hall–Kier alpha value is -2.03. The van der Waals surface area contributed by atoms with Crippen LogP contribution in [0.1, 0.15) is 31.0 Å². The van der Waals surface area contributed by atoms with Crippen LogP contribution in [0.4, 0.5) is 10.1 Å². The SMILES string of the molecule is CC1Cc2ccccc2N(C(C)c2ccc(F)cc2O)C1. The quantitative estimate of drug-likeness (QED) is 0.889. The van der Waals surface area contributed by atoms with Crippen LogP contribution in [-0.4, -0.2) is 11.7 Å². The Morgan fingerprint density at radius 1 is 1.24 bits per heavy atom. The van der Waals surface area contributed by atoms with Crippen molar-refractivity contribution in [2.45, 2.75) is 26.3 Å². The number of halogens is 1. The highest BCUT2D eigenvalue weighted by molar-refractivity contribution is 5.58. The molecule has 0 bridgehead atoms. The van der Waals surface area contributed by atoms with Crippen molar-refractivity contribution in [3.05, 3.63) is 59.4 Å². The van der Waals surface area contributed by atoms with Gasteiger partial charge in [-0.05, 0) is 37.0 Å². The van der Waals surface area contributed by atoms with E-state index in [1.807, 2.05) is 6.07 Å². The average molecular weight is 285 g/mol. The van der Waals surface area contributed by atoms with Crippen molar-refractivity contribution in [2.75, 3.05) is 11.4 Å². The van der Waals surface area contributed by atoms with Crippen LogP contribution in [0.2, 0.25) is 0 Å². The van der Waals surface area contributed by atoms with Crippen molar-refractivity contribution in [2.24, 2.45) is 5.92 Å². The lowest BCUT2D eigenvalue weighted by atomic mass is 9.91. The van der Waals surface area contributed by atoms with E-state index in [1.54, 1.807) is 6.07 Å². The van der Waals surface area contributed by atoms with Gasteiger partial charge in [0.25, 0.3) is 0 Å². The number of rotatable bonds is 2. The minimum atomic E-state index is -0.407. The highest BCUT2D eigenvalue weighted by Gasteiger charge is 2.27. The largest absolute Gasteiger partial charge is 0.507 e. The lowest BCUT2D eigenvalue weighted by molar-refractivity contribution is 0.445. The van der Waals surface area contributed by atoms with Crippen molar-refractivity contribution in [3.63, 3.8) is 0 Å². The Morgan fingerprint density at radius 2 is 2.00 bits per heavy atom.